The van der Waals surface area contributed by atoms with Crippen LogP contribution in [0.3, 0.4) is 0 Å². The molecule has 0 saturated heterocycles. The molecule has 0 unspecified atom stereocenters. The number of aryl methyl sites for hydroxylation is 2. The number of carbonyl (C=O) groups is 5. The molecule has 5 N–H and O–H groups in total. The van der Waals surface area contributed by atoms with Crippen molar-refractivity contribution in [1.82, 2.24) is 16.0 Å². The Morgan fingerprint density at radius 2 is 0.949 bits per heavy atom. The van der Waals surface area contributed by atoms with Crippen molar-refractivity contribution in [1.29, 1.82) is 0 Å². The molecule has 0 atom stereocenters. The summed E-state index contributed by atoms with van der Waals surface area (Å²) in [7, 11) is 2.95. The van der Waals surface area contributed by atoms with Crippen molar-refractivity contribution < 1.29 is 38.2 Å². The molecule has 0 bridgehead atoms. The van der Waals surface area contributed by atoms with Crippen LogP contribution in [0, 0.1) is 25.7 Å². The highest BCUT2D eigenvalue weighted by molar-refractivity contribution is 6.69. The summed E-state index contributed by atoms with van der Waals surface area (Å²) in [6.45, 7) is 13.6. The van der Waals surface area contributed by atoms with Crippen molar-refractivity contribution in [2.45, 2.75) is 155 Å². The summed E-state index contributed by atoms with van der Waals surface area (Å²) in [6, 6.07) is 7.00. The van der Waals surface area contributed by atoms with Gasteiger partial charge in [-0.15, -0.1) is 0 Å². The van der Waals surface area contributed by atoms with E-state index in [9.17, 15) is 24.0 Å². The van der Waals surface area contributed by atoms with Crippen molar-refractivity contribution in [2.24, 2.45) is 17.6 Å². The van der Waals surface area contributed by atoms with Gasteiger partial charge in [-0.2, -0.15) is 0 Å². The Bertz CT molecular complexity index is 1750. The summed E-state index contributed by atoms with van der Waals surface area (Å²) in [5.41, 5.74) is 7.82. The largest absolute Gasteiger partial charge is 0.496 e. The summed E-state index contributed by atoms with van der Waals surface area (Å²) in [4.78, 5) is 60.4. The molecule has 3 fully saturated rings. The highest BCUT2D eigenvalue weighted by Crippen LogP contribution is 2.29. The van der Waals surface area contributed by atoms with Gasteiger partial charge in [0, 0.05) is 35.3 Å². The second-order valence-corrected chi connectivity index (χ2v) is 18.1. The average Bonchev–Trinajstić information content (AvgIpc) is 3.16. The fourth-order valence-corrected chi connectivity index (χ4v) is 7.91. The van der Waals surface area contributed by atoms with Crippen LogP contribution in [-0.2, 0) is 4.74 Å². The normalized spacial score (nSPS) is 22.8. The van der Waals surface area contributed by atoms with E-state index in [0.717, 1.165) is 62.8 Å². The molecule has 5 rings (SSSR count). The molecule has 59 heavy (non-hydrogen) atoms. The summed E-state index contributed by atoms with van der Waals surface area (Å²) in [6.07, 6.45) is 12.0. The highest BCUT2D eigenvalue weighted by Gasteiger charge is 2.28. The van der Waals surface area contributed by atoms with E-state index >= 15 is 0 Å². The molecule has 2 aromatic rings. The number of halogens is 2. The first kappa shape index (κ1) is 49.5. The van der Waals surface area contributed by atoms with E-state index in [1.165, 1.54) is 46.0 Å². The summed E-state index contributed by atoms with van der Waals surface area (Å²) in [5, 5.41) is 7.86. The van der Waals surface area contributed by atoms with Gasteiger partial charge in [-0.05, 0) is 182 Å². The summed E-state index contributed by atoms with van der Waals surface area (Å²) < 4.78 is 15.8. The summed E-state index contributed by atoms with van der Waals surface area (Å²) >= 11 is 10.7. The van der Waals surface area contributed by atoms with E-state index < -0.39 is 22.2 Å². The zero-order valence-electron chi connectivity index (χ0n) is 36.4. The molecule has 12 nitrogen and oxygen atoms in total. The second-order valence-electron chi connectivity index (χ2n) is 17.4. The first-order valence-corrected chi connectivity index (χ1v) is 21.6. The maximum atomic E-state index is 13.2. The Morgan fingerprint density at radius 3 is 1.37 bits per heavy atom. The maximum Gasteiger partial charge on any atom is 0.407 e. The van der Waals surface area contributed by atoms with Gasteiger partial charge in [0.1, 0.15) is 17.1 Å². The number of nitrogens with two attached hydrogens (primary N) is 1. The molecule has 3 aliphatic rings. The fourth-order valence-electron chi connectivity index (χ4n) is 7.56. The van der Waals surface area contributed by atoms with E-state index in [1.807, 2.05) is 27.7 Å². The topological polar surface area (TPSA) is 175 Å². The summed E-state index contributed by atoms with van der Waals surface area (Å²) in [5.74, 6) is 2.03. The Kier molecular flexibility index (Phi) is 19.5. The van der Waals surface area contributed by atoms with Gasteiger partial charge >= 0.3 is 6.09 Å². The molecule has 2 aromatic carbocycles. The van der Waals surface area contributed by atoms with Crippen LogP contribution < -0.4 is 31.2 Å². The van der Waals surface area contributed by atoms with Crippen LogP contribution in [0.5, 0.6) is 11.5 Å². The molecular weight excluding hydrogens is 795 g/mol. The number of carbonyl (C=O) groups excluding carboxylic acids is 5. The minimum absolute atomic E-state index is 0.0123. The zero-order chi connectivity index (χ0) is 44.0. The molecule has 0 radical (unpaired) electrons. The minimum Gasteiger partial charge on any atom is -0.496 e. The van der Waals surface area contributed by atoms with Crippen LogP contribution in [0.25, 0.3) is 0 Å². The van der Waals surface area contributed by atoms with Crippen LogP contribution in [0.2, 0.25) is 0 Å². The van der Waals surface area contributed by atoms with Gasteiger partial charge in [0.25, 0.3) is 22.3 Å². The van der Waals surface area contributed by atoms with Gasteiger partial charge in [0.05, 0.1) is 25.3 Å². The first-order valence-electron chi connectivity index (χ1n) is 20.8. The highest BCUT2D eigenvalue weighted by atomic mass is 35.5. The predicted octanol–water partition coefficient (Wildman–Crippen LogP) is 9.16. The van der Waals surface area contributed by atoms with Gasteiger partial charge in [0.2, 0.25) is 0 Å². The first-order chi connectivity index (χ1) is 27.7. The van der Waals surface area contributed by atoms with Gasteiger partial charge in [-0.25, -0.2) is 4.79 Å². The second kappa shape index (κ2) is 23.2. The van der Waals surface area contributed by atoms with Crippen LogP contribution in [-0.4, -0.2) is 72.4 Å². The molecule has 3 amide bonds. The molecule has 328 valence electrons. The molecule has 0 heterocycles. The molecule has 3 saturated carbocycles. The number of methoxy groups -OCH3 is 2. The Hall–Kier alpha value is -3.87. The van der Waals surface area contributed by atoms with E-state index in [-0.39, 0.29) is 41.1 Å². The van der Waals surface area contributed by atoms with Crippen molar-refractivity contribution in [2.75, 3.05) is 14.2 Å². The van der Waals surface area contributed by atoms with E-state index in [2.05, 4.69) is 29.8 Å². The minimum atomic E-state index is -0.689. The number of nitrogens with one attached hydrogen (secondary N) is 3. The SMILES string of the molecule is CC1CCC(N)CC1.COc1cc(C)c(C(=O)Cl)cc1C(=O)Cl.COc1cc(C)c(C(=O)NC2CCC(C)CC2)cc1C(=O)NC1CCC(NC(=O)OC(C)(C)C)CC1. The van der Waals surface area contributed by atoms with E-state index in [4.69, 9.17) is 43.1 Å². The fraction of sp³-hybridized carbons (Fsp3) is 0.622. The molecule has 0 aromatic heterocycles. The lowest BCUT2D eigenvalue weighted by Crippen LogP contribution is -2.45. The van der Waals surface area contributed by atoms with Crippen LogP contribution in [0.15, 0.2) is 24.3 Å². The van der Waals surface area contributed by atoms with Crippen molar-refractivity contribution >= 4 is 51.6 Å². The molecule has 3 aliphatic carbocycles. The zero-order valence-corrected chi connectivity index (χ0v) is 37.9. The number of amides is 3. The standard InChI is InChI=1S/C28H43N3O5.C10H8Cl2O3.C7H15N/c1-17-7-9-19(10-8-17)29-25(32)22-16-23(24(35-6)15-18(22)2)26(33)30-20-11-13-21(14-12-20)31-27(34)36-28(3,4)5;1-5-3-8(15-2)7(10(12)14)4-6(5)9(11)13;1-6-2-4-7(8)5-3-6/h15-17,19-21H,7-14H2,1-6H3,(H,29,32)(H,30,33)(H,31,34);3-4H,1-2H3;6-7H,2-5,8H2,1H3. The maximum absolute atomic E-state index is 13.2. The lowest BCUT2D eigenvalue weighted by atomic mass is 9.87. The smallest absolute Gasteiger partial charge is 0.407 e. The van der Waals surface area contributed by atoms with Gasteiger partial charge < -0.3 is 35.9 Å². The van der Waals surface area contributed by atoms with Crippen molar-refractivity contribution in [3.8, 4) is 11.5 Å². The Labute approximate surface area is 360 Å². The molecule has 0 aliphatic heterocycles. The lowest BCUT2D eigenvalue weighted by Gasteiger charge is -2.30. The van der Waals surface area contributed by atoms with Gasteiger partial charge in [-0.1, -0.05) is 13.8 Å². The van der Waals surface area contributed by atoms with Crippen LogP contribution in [0.1, 0.15) is 164 Å². The van der Waals surface area contributed by atoms with Crippen molar-refractivity contribution in [3.63, 3.8) is 0 Å². The number of hydrogen-bond donors (Lipinski definition) is 4. The van der Waals surface area contributed by atoms with Gasteiger partial charge in [0.15, 0.2) is 0 Å². The number of rotatable bonds is 9. The van der Waals surface area contributed by atoms with Crippen LogP contribution in [0.4, 0.5) is 4.79 Å². The molecular formula is C45H66Cl2N4O8. The molecule has 0 spiro atoms. The number of alkyl carbamates (subject to hydrolysis) is 1. The van der Waals surface area contributed by atoms with Crippen LogP contribution >= 0.6 is 23.2 Å². The van der Waals surface area contributed by atoms with Gasteiger partial charge in [-0.3, -0.25) is 19.2 Å². The lowest BCUT2D eigenvalue weighted by molar-refractivity contribution is 0.0487. The third kappa shape index (κ3) is 16.3. The van der Waals surface area contributed by atoms with E-state index in [0.29, 0.717) is 40.1 Å². The Balaban J connectivity index is 0.000000328. The Morgan fingerprint density at radius 1 is 0.576 bits per heavy atom. The average molecular weight is 862 g/mol. The predicted molar refractivity (Wildman–Crippen MR) is 233 cm³/mol. The van der Waals surface area contributed by atoms with E-state index in [1.54, 1.807) is 25.1 Å². The number of benzene rings is 2. The monoisotopic (exact) mass is 860 g/mol. The molecule has 14 heteroatoms. The van der Waals surface area contributed by atoms with Crippen molar-refractivity contribution in [3.05, 3.63) is 57.6 Å². The third-order valence-electron chi connectivity index (χ3n) is 11.2. The quantitative estimate of drug-likeness (QED) is 0.179. The third-order valence-corrected chi connectivity index (χ3v) is 11.6. The number of hydrogen-bond acceptors (Lipinski definition) is 9. The number of ether oxygens (including phenoxy) is 3.